The number of rotatable bonds is 3. The first-order valence-electron chi connectivity index (χ1n) is 6.21. The van der Waals surface area contributed by atoms with Crippen LogP contribution in [0.3, 0.4) is 0 Å². The van der Waals surface area contributed by atoms with Crippen LogP contribution in [0.4, 0.5) is 0 Å². The maximum atomic E-state index is 12.3. The van der Waals surface area contributed by atoms with Gasteiger partial charge in [0.2, 0.25) is 0 Å². The Morgan fingerprint density at radius 3 is 2.80 bits per heavy atom. The molecule has 0 N–H and O–H groups in total. The van der Waals surface area contributed by atoms with Gasteiger partial charge >= 0.3 is 0 Å². The smallest absolute Gasteiger partial charge is 0.185 e. The third-order valence-corrected chi connectivity index (χ3v) is 3.44. The summed E-state index contributed by atoms with van der Waals surface area (Å²) in [6, 6.07) is 13.4. The fourth-order valence-electron chi connectivity index (χ4n) is 2.05. The minimum absolute atomic E-state index is 0.00402. The van der Waals surface area contributed by atoms with Crippen LogP contribution in [-0.2, 0) is 6.42 Å². The molecule has 2 aromatic heterocycles. The van der Waals surface area contributed by atoms with Crippen molar-refractivity contribution in [3.05, 3.63) is 70.6 Å². The van der Waals surface area contributed by atoms with Crippen molar-refractivity contribution in [3.8, 4) is 0 Å². The van der Waals surface area contributed by atoms with E-state index < -0.39 is 0 Å². The third-order valence-electron chi connectivity index (χ3n) is 3.01. The van der Waals surface area contributed by atoms with E-state index in [0.29, 0.717) is 12.1 Å². The van der Waals surface area contributed by atoms with E-state index in [0.717, 1.165) is 20.9 Å². The molecule has 0 saturated heterocycles. The number of fused-ring (bicyclic) bond motifs is 1. The van der Waals surface area contributed by atoms with Gasteiger partial charge in [0.05, 0.1) is 5.52 Å². The molecular formula is C16H11BrN2O. The molecule has 0 spiro atoms. The van der Waals surface area contributed by atoms with E-state index in [2.05, 4.69) is 25.9 Å². The SMILES string of the molecule is O=C(Cc1cncc(Br)c1)c1ccc2ccccc2n1. The van der Waals surface area contributed by atoms with Gasteiger partial charge in [0.1, 0.15) is 5.69 Å². The second-order valence-corrected chi connectivity index (χ2v) is 5.42. The van der Waals surface area contributed by atoms with Gasteiger partial charge in [-0.2, -0.15) is 0 Å². The fraction of sp³-hybridized carbons (Fsp3) is 0.0625. The summed E-state index contributed by atoms with van der Waals surface area (Å²) in [4.78, 5) is 20.7. The van der Waals surface area contributed by atoms with Crippen molar-refractivity contribution in [1.29, 1.82) is 0 Å². The van der Waals surface area contributed by atoms with Crippen LogP contribution in [0.5, 0.6) is 0 Å². The molecule has 98 valence electrons. The van der Waals surface area contributed by atoms with Crippen LogP contribution in [0.1, 0.15) is 16.1 Å². The highest BCUT2D eigenvalue weighted by Gasteiger charge is 2.10. The maximum absolute atomic E-state index is 12.3. The number of nitrogens with zero attached hydrogens (tertiary/aromatic N) is 2. The largest absolute Gasteiger partial charge is 0.292 e. The van der Waals surface area contributed by atoms with Gasteiger partial charge in [0, 0.05) is 28.7 Å². The number of aromatic nitrogens is 2. The van der Waals surface area contributed by atoms with Crippen molar-refractivity contribution in [2.24, 2.45) is 0 Å². The van der Waals surface area contributed by atoms with Crippen molar-refractivity contribution in [3.63, 3.8) is 0 Å². The Bertz CT molecular complexity index is 786. The Kier molecular flexibility index (Phi) is 3.56. The Balaban J connectivity index is 1.88. The van der Waals surface area contributed by atoms with Crippen molar-refractivity contribution < 1.29 is 4.79 Å². The molecule has 20 heavy (non-hydrogen) atoms. The summed E-state index contributed by atoms with van der Waals surface area (Å²) in [5, 5.41) is 1.04. The normalized spacial score (nSPS) is 10.7. The molecule has 0 radical (unpaired) electrons. The highest BCUT2D eigenvalue weighted by atomic mass is 79.9. The number of carbonyl (C=O) groups excluding carboxylic acids is 1. The monoisotopic (exact) mass is 326 g/mol. The lowest BCUT2D eigenvalue weighted by Gasteiger charge is -2.03. The summed E-state index contributed by atoms with van der Waals surface area (Å²) in [6.07, 6.45) is 3.70. The number of benzene rings is 1. The summed E-state index contributed by atoms with van der Waals surface area (Å²) < 4.78 is 0.870. The minimum atomic E-state index is -0.00402. The van der Waals surface area contributed by atoms with Crippen molar-refractivity contribution >= 4 is 32.6 Å². The summed E-state index contributed by atoms with van der Waals surface area (Å²) in [6.45, 7) is 0. The fourth-order valence-corrected chi connectivity index (χ4v) is 2.46. The van der Waals surface area contributed by atoms with Gasteiger partial charge < -0.3 is 0 Å². The number of carbonyl (C=O) groups is 1. The molecule has 0 amide bonds. The van der Waals surface area contributed by atoms with Gasteiger partial charge in [-0.3, -0.25) is 9.78 Å². The van der Waals surface area contributed by atoms with Crippen LogP contribution < -0.4 is 0 Å². The number of hydrogen-bond donors (Lipinski definition) is 0. The molecule has 0 aliphatic carbocycles. The number of Topliss-reactive ketones (excluding diaryl/α,β-unsaturated/α-hetero) is 1. The van der Waals surface area contributed by atoms with Gasteiger partial charge in [0.15, 0.2) is 5.78 Å². The van der Waals surface area contributed by atoms with Crippen LogP contribution in [0.25, 0.3) is 10.9 Å². The average molecular weight is 327 g/mol. The molecule has 3 rings (SSSR count). The molecule has 0 aliphatic rings. The molecule has 4 heteroatoms. The molecule has 0 atom stereocenters. The van der Waals surface area contributed by atoms with E-state index in [1.165, 1.54) is 0 Å². The maximum Gasteiger partial charge on any atom is 0.185 e. The Hall–Kier alpha value is -2.07. The van der Waals surface area contributed by atoms with Crippen molar-refractivity contribution in [1.82, 2.24) is 9.97 Å². The van der Waals surface area contributed by atoms with E-state index in [1.54, 1.807) is 18.5 Å². The van der Waals surface area contributed by atoms with Crippen molar-refractivity contribution in [2.45, 2.75) is 6.42 Å². The number of pyridine rings is 2. The first-order chi connectivity index (χ1) is 9.72. The predicted octanol–water partition coefficient (Wildman–Crippen LogP) is 3.82. The Labute approximate surface area is 124 Å². The van der Waals surface area contributed by atoms with E-state index in [1.807, 2.05) is 36.4 Å². The van der Waals surface area contributed by atoms with Gasteiger partial charge in [0.25, 0.3) is 0 Å². The second-order valence-electron chi connectivity index (χ2n) is 4.50. The standard InChI is InChI=1S/C16H11BrN2O/c17-13-7-11(9-18-10-13)8-16(20)15-6-5-12-3-1-2-4-14(12)19-15/h1-7,9-10H,8H2. The molecule has 0 unspecified atom stereocenters. The van der Waals surface area contributed by atoms with Gasteiger partial charge in [-0.1, -0.05) is 24.3 Å². The quantitative estimate of drug-likeness (QED) is 0.687. The third kappa shape index (κ3) is 2.75. The molecule has 0 fully saturated rings. The average Bonchev–Trinajstić information content (AvgIpc) is 2.47. The molecule has 0 saturated carbocycles. The number of ketones is 1. The van der Waals surface area contributed by atoms with Gasteiger partial charge in [-0.05, 0) is 39.7 Å². The Morgan fingerprint density at radius 1 is 1.10 bits per heavy atom. The lowest BCUT2D eigenvalue weighted by Crippen LogP contribution is -2.06. The summed E-state index contributed by atoms with van der Waals surface area (Å²) >= 11 is 3.35. The second kappa shape index (κ2) is 5.51. The minimum Gasteiger partial charge on any atom is -0.292 e. The van der Waals surface area contributed by atoms with Gasteiger partial charge in [-0.15, -0.1) is 0 Å². The van der Waals surface area contributed by atoms with Crippen molar-refractivity contribution in [2.75, 3.05) is 0 Å². The topological polar surface area (TPSA) is 42.9 Å². The zero-order valence-corrected chi connectivity index (χ0v) is 12.2. The summed E-state index contributed by atoms with van der Waals surface area (Å²) in [7, 11) is 0. The number of halogens is 1. The molecule has 3 aromatic rings. The molecule has 1 aromatic carbocycles. The zero-order valence-electron chi connectivity index (χ0n) is 10.6. The van der Waals surface area contributed by atoms with Crippen LogP contribution in [0.2, 0.25) is 0 Å². The highest BCUT2D eigenvalue weighted by Crippen LogP contribution is 2.15. The highest BCUT2D eigenvalue weighted by molar-refractivity contribution is 9.10. The molecule has 2 heterocycles. The summed E-state index contributed by atoms with van der Waals surface area (Å²) in [5.74, 6) is -0.00402. The predicted molar refractivity (Wildman–Crippen MR) is 81.7 cm³/mol. The van der Waals surface area contributed by atoms with E-state index in [-0.39, 0.29) is 5.78 Å². The van der Waals surface area contributed by atoms with Crippen LogP contribution in [-0.4, -0.2) is 15.8 Å². The van der Waals surface area contributed by atoms with E-state index in [9.17, 15) is 4.79 Å². The molecule has 0 bridgehead atoms. The first-order valence-corrected chi connectivity index (χ1v) is 7.00. The summed E-state index contributed by atoms with van der Waals surface area (Å²) in [5.41, 5.74) is 2.20. The molecule has 3 nitrogen and oxygen atoms in total. The molecule has 0 aliphatic heterocycles. The number of para-hydroxylation sites is 1. The van der Waals surface area contributed by atoms with Crippen LogP contribution in [0.15, 0.2) is 59.3 Å². The molecular weight excluding hydrogens is 316 g/mol. The van der Waals surface area contributed by atoms with Gasteiger partial charge in [-0.25, -0.2) is 4.98 Å². The van der Waals surface area contributed by atoms with Crippen LogP contribution in [0, 0.1) is 0 Å². The van der Waals surface area contributed by atoms with E-state index in [4.69, 9.17) is 0 Å². The van der Waals surface area contributed by atoms with Crippen LogP contribution >= 0.6 is 15.9 Å². The first kappa shape index (κ1) is 12.9. The zero-order chi connectivity index (χ0) is 13.9. The lowest BCUT2D eigenvalue weighted by atomic mass is 10.1. The number of hydrogen-bond acceptors (Lipinski definition) is 3. The van der Waals surface area contributed by atoms with E-state index >= 15 is 0 Å². The Morgan fingerprint density at radius 2 is 1.95 bits per heavy atom. The lowest BCUT2D eigenvalue weighted by molar-refractivity contribution is 0.0988.